The standard InChI is InChI=1S/C17H33NO/c1-2-4-6-8-10-17(11-9-7-5-3-1)18-14-16-12-13-19-15-16/h16-18H,1-15H2. The van der Waals surface area contributed by atoms with E-state index in [1.165, 1.54) is 83.6 Å². The minimum atomic E-state index is 0.778. The van der Waals surface area contributed by atoms with E-state index in [4.69, 9.17) is 4.74 Å². The first-order valence-electron chi connectivity index (χ1n) is 8.76. The molecule has 2 rings (SSSR count). The first-order chi connectivity index (χ1) is 9.45. The zero-order valence-electron chi connectivity index (χ0n) is 12.7. The van der Waals surface area contributed by atoms with Crippen molar-refractivity contribution in [2.75, 3.05) is 19.8 Å². The smallest absolute Gasteiger partial charge is 0.0507 e. The maximum Gasteiger partial charge on any atom is 0.0507 e. The molecular formula is C17H33NO. The maximum atomic E-state index is 5.47. The van der Waals surface area contributed by atoms with Crippen LogP contribution in [0.5, 0.6) is 0 Å². The monoisotopic (exact) mass is 267 g/mol. The Morgan fingerprint density at radius 3 is 1.84 bits per heavy atom. The number of rotatable bonds is 3. The van der Waals surface area contributed by atoms with Crippen molar-refractivity contribution >= 4 is 0 Å². The van der Waals surface area contributed by atoms with Crippen molar-refractivity contribution in [2.45, 2.75) is 83.1 Å². The van der Waals surface area contributed by atoms with Gasteiger partial charge in [-0.05, 0) is 25.2 Å². The Morgan fingerprint density at radius 1 is 0.737 bits per heavy atom. The molecule has 0 aromatic heterocycles. The molecule has 2 fully saturated rings. The highest BCUT2D eigenvalue weighted by atomic mass is 16.5. The van der Waals surface area contributed by atoms with E-state index in [2.05, 4.69) is 5.32 Å². The van der Waals surface area contributed by atoms with Gasteiger partial charge in [-0.15, -0.1) is 0 Å². The van der Waals surface area contributed by atoms with Crippen molar-refractivity contribution in [3.05, 3.63) is 0 Å². The molecule has 1 saturated heterocycles. The van der Waals surface area contributed by atoms with Gasteiger partial charge in [-0.3, -0.25) is 0 Å². The van der Waals surface area contributed by atoms with Crippen molar-refractivity contribution in [3.63, 3.8) is 0 Å². The summed E-state index contributed by atoms with van der Waals surface area (Å²) < 4.78 is 5.47. The quantitative estimate of drug-likeness (QED) is 0.824. The van der Waals surface area contributed by atoms with Crippen LogP contribution in [-0.4, -0.2) is 25.8 Å². The largest absolute Gasteiger partial charge is 0.381 e. The summed E-state index contributed by atoms with van der Waals surface area (Å²) in [5.41, 5.74) is 0. The predicted molar refractivity (Wildman–Crippen MR) is 81.5 cm³/mol. The summed E-state index contributed by atoms with van der Waals surface area (Å²) >= 11 is 0. The Kier molecular flexibility index (Phi) is 7.87. The second kappa shape index (κ2) is 9.77. The third kappa shape index (κ3) is 6.76. The summed E-state index contributed by atoms with van der Waals surface area (Å²) in [6, 6.07) is 0.778. The Balaban J connectivity index is 1.65. The van der Waals surface area contributed by atoms with E-state index in [1.807, 2.05) is 0 Å². The molecule has 0 spiro atoms. The van der Waals surface area contributed by atoms with Gasteiger partial charge in [0.1, 0.15) is 0 Å². The lowest BCUT2D eigenvalue weighted by molar-refractivity contribution is 0.184. The van der Waals surface area contributed by atoms with Crippen LogP contribution in [0.1, 0.15) is 77.0 Å². The SMILES string of the molecule is C1CCCCCC(NCC2CCOC2)CCCCC1. The lowest BCUT2D eigenvalue weighted by Gasteiger charge is -2.21. The van der Waals surface area contributed by atoms with E-state index in [-0.39, 0.29) is 0 Å². The average molecular weight is 267 g/mol. The van der Waals surface area contributed by atoms with Gasteiger partial charge < -0.3 is 10.1 Å². The number of hydrogen-bond donors (Lipinski definition) is 1. The van der Waals surface area contributed by atoms with Crippen LogP contribution in [0, 0.1) is 5.92 Å². The molecule has 1 atom stereocenters. The van der Waals surface area contributed by atoms with Gasteiger partial charge >= 0.3 is 0 Å². The third-order valence-corrected chi connectivity index (χ3v) is 4.82. The van der Waals surface area contributed by atoms with E-state index in [0.29, 0.717) is 0 Å². The summed E-state index contributed by atoms with van der Waals surface area (Å²) in [4.78, 5) is 0. The van der Waals surface area contributed by atoms with E-state index < -0.39 is 0 Å². The minimum Gasteiger partial charge on any atom is -0.381 e. The molecule has 112 valence electrons. The van der Waals surface area contributed by atoms with Crippen molar-refractivity contribution in [1.82, 2.24) is 5.32 Å². The average Bonchev–Trinajstić information content (AvgIpc) is 2.91. The Bertz CT molecular complexity index is 201. The van der Waals surface area contributed by atoms with Crippen LogP contribution in [-0.2, 0) is 4.74 Å². The van der Waals surface area contributed by atoms with E-state index in [0.717, 1.165) is 25.2 Å². The van der Waals surface area contributed by atoms with Crippen molar-refractivity contribution in [3.8, 4) is 0 Å². The van der Waals surface area contributed by atoms with E-state index in [1.54, 1.807) is 0 Å². The van der Waals surface area contributed by atoms with Gasteiger partial charge in [0.25, 0.3) is 0 Å². The summed E-state index contributed by atoms with van der Waals surface area (Å²) in [6.07, 6.45) is 17.2. The highest BCUT2D eigenvalue weighted by Gasteiger charge is 2.17. The zero-order chi connectivity index (χ0) is 13.2. The molecule has 1 saturated carbocycles. The van der Waals surface area contributed by atoms with E-state index >= 15 is 0 Å². The molecule has 2 nitrogen and oxygen atoms in total. The highest BCUT2D eigenvalue weighted by molar-refractivity contribution is 4.73. The minimum absolute atomic E-state index is 0.778. The molecule has 1 unspecified atom stereocenters. The van der Waals surface area contributed by atoms with Crippen LogP contribution in [0.25, 0.3) is 0 Å². The molecule has 1 heterocycles. The molecule has 1 aliphatic carbocycles. The fourth-order valence-corrected chi connectivity index (χ4v) is 3.45. The number of ether oxygens (including phenoxy) is 1. The van der Waals surface area contributed by atoms with Crippen LogP contribution >= 0.6 is 0 Å². The van der Waals surface area contributed by atoms with Gasteiger partial charge in [0, 0.05) is 19.2 Å². The molecule has 19 heavy (non-hydrogen) atoms. The molecular weight excluding hydrogens is 234 g/mol. The Hall–Kier alpha value is -0.0800. The molecule has 0 aromatic rings. The second-order valence-electron chi connectivity index (χ2n) is 6.59. The Labute approximate surface area is 119 Å². The summed E-state index contributed by atoms with van der Waals surface area (Å²) in [5, 5.41) is 3.84. The molecule has 2 heteroatoms. The molecule has 1 N–H and O–H groups in total. The second-order valence-corrected chi connectivity index (χ2v) is 6.59. The van der Waals surface area contributed by atoms with Crippen LogP contribution in [0.15, 0.2) is 0 Å². The van der Waals surface area contributed by atoms with Gasteiger partial charge in [-0.2, -0.15) is 0 Å². The van der Waals surface area contributed by atoms with Gasteiger partial charge in [0.05, 0.1) is 6.61 Å². The van der Waals surface area contributed by atoms with Crippen LogP contribution in [0.3, 0.4) is 0 Å². The van der Waals surface area contributed by atoms with Crippen molar-refractivity contribution in [2.24, 2.45) is 5.92 Å². The van der Waals surface area contributed by atoms with E-state index in [9.17, 15) is 0 Å². The van der Waals surface area contributed by atoms with Gasteiger partial charge in [0.15, 0.2) is 0 Å². The summed E-state index contributed by atoms with van der Waals surface area (Å²) in [5.74, 6) is 0.779. The Morgan fingerprint density at radius 2 is 1.32 bits per heavy atom. The predicted octanol–water partition coefficient (Wildman–Crippen LogP) is 4.29. The van der Waals surface area contributed by atoms with Crippen LogP contribution in [0.2, 0.25) is 0 Å². The fourth-order valence-electron chi connectivity index (χ4n) is 3.45. The van der Waals surface area contributed by atoms with Gasteiger partial charge in [-0.25, -0.2) is 0 Å². The number of hydrogen-bond acceptors (Lipinski definition) is 2. The molecule has 0 aromatic carbocycles. The van der Waals surface area contributed by atoms with Crippen molar-refractivity contribution < 1.29 is 4.74 Å². The molecule has 0 amide bonds. The molecule has 2 aliphatic rings. The summed E-state index contributed by atoms with van der Waals surface area (Å²) in [6.45, 7) is 3.15. The molecule has 0 radical (unpaired) electrons. The topological polar surface area (TPSA) is 21.3 Å². The third-order valence-electron chi connectivity index (χ3n) is 4.82. The van der Waals surface area contributed by atoms with Crippen LogP contribution < -0.4 is 5.32 Å². The lowest BCUT2D eigenvalue weighted by Crippen LogP contribution is -2.33. The van der Waals surface area contributed by atoms with Crippen molar-refractivity contribution in [1.29, 1.82) is 0 Å². The number of nitrogens with one attached hydrogen (secondary N) is 1. The first kappa shape index (κ1) is 15.3. The molecule has 0 bridgehead atoms. The van der Waals surface area contributed by atoms with Gasteiger partial charge in [0.2, 0.25) is 0 Å². The zero-order valence-corrected chi connectivity index (χ0v) is 12.7. The lowest BCUT2D eigenvalue weighted by atomic mass is 9.97. The maximum absolute atomic E-state index is 5.47. The van der Waals surface area contributed by atoms with Crippen LogP contribution in [0.4, 0.5) is 0 Å². The normalized spacial score (nSPS) is 28.7. The first-order valence-corrected chi connectivity index (χ1v) is 8.76. The highest BCUT2D eigenvalue weighted by Crippen LogP contribution is 2.18. The van der Waals surface area contributed by atoms with Gasteiger partial charge in [-0.1, -0.05) is 57.8 Å². The molecule has 1 aliphatic heterocycles. The summed E-state index contributed by atoms with van der Waals surface area (Å²) in [7, 11) is 0. The fraction of sp³-hybridized carbons (Fsp3) is 1.00.